The molecule has 1 aliphatic heterocycles. The quantitative estimate of drug-likeness (QED) is 0.805. The molecule has 1 atom stereocenters. The Hall–Kier alpha value is -1.97. The second kappa shape index (κ2) is 6.86. The Balaban J connectivity index is 1.55. The molecule has 4 heteroatoms. The second-order valence-corrected chi connectivity index (χ2v) is 5.99. The highest BCUT2D eigenvalue weighted by molar-refractivity contribution is 5.79. The molecule has 1 saturated heterocycles. The predicted octanol–water partition coefficient (Wildman–Crippen LogP) is 2.70. The number of ether oxygens (including phenoxy) is 1. The minimum Gasteiger partial charge on any atom is -0.497 e. The predicted molar refractivity (Wildman–Crippen MR) is 88.3 cm³/mol. The van der Waals surface area contributed by atoms with Gasteiger partial charge in [0, 0.05) is 37.8 Å². The van der Waals surface area contributed by atoms with Crippen molar-refractivity contribution in [1.82, 2.24) is 4.90 Å². The lowest BCUT2D eigenvalue weighted by Crippen LogP contribution is -2.50. The highest BCUT2D eigenvalue weighted by atomic mass is 16.5. The van der Waals surface area contributed by atoms with E-state index in [-0.39, 0.29) is 5.92 Å². The van der Waals surface area contributed by atoms with Gasteiger partial charge < -0.3 is 14.5 Å². The van der Waals surface area contributed by atoms with Crippen molar-refractivity contribution in [2.75, 3.05) is 38.2 Å². The average molecular weight is 300 g/mol. The van der Waals surface area contributed by atoms with Gasteiger partial charge in [-0.25, -0.2) is 0 Å². The number of piperazine rings is 1. The first kappa shape index (κ1) is 14.9. The van der Waals surface area contributed by atoms with Crippen LogP contribution in [0.2, 0.25) is 0 Å². The summed E-state index contributed by atoms with van der Waals surface area (Å²) in [5.74, 6) is 1.43. The fourth-order valence-electron chi connectivity index (χ4n) is 3.25. The van der Waals surface area contributed by atoms with Gasteiger partial charge in [0.2, 0.25) is 5.91 Å². The van der Waals surface area contributed by atoms with Crippen LogP contribution in [0.5, 0.6) is 5.75 Å². The lowest BCUT2D eigenvalue weighted by Gasteiger charge is -2.37. The molecule has 3 rings (SSSR count). The first-order chi connectivity index (χ1) is 10.8. The zero-order valence-electron chi connectivity index (χ0n) is 13.2. The lowest BCUT2D eigenvalue weighted by molar-refractivity contribution is -0.136. The number of methoxy groups -OCH3 is 1. The third-order valence-corrected chi connectivity index (χ3v) is 4.65. The molecule has 1 amide bonds. The van der Waals surface area contributed by atoms with Crippen LogP contribution in [0, 0.1) is 5.92 Å². The van der Waals surface area contributed by atoms with Crippen molar-refractivity contribution in [3.63, 3.8) is 0 Å². The Kier molecular flexibility index (Phi) is 4.66. The van der Waals surface area contributed by atoms with Crippen molar-refractivity contribution in [1.29, 1.82) is 0 Å². The standard InChI is InChI=1S/C18H24N2O2/c1-22-17-9-7-16(8-10-17)19-11-13-20(14-12-19)18(21)15-5-3-2-4-6-15/h2-3,7-10,15H,4-6,11-14H2,1H3. The first-order valence-corrected chi connectivity index (χ1v) is 8.10. The molecule has 0 aromatic heterocycles. The number of nitrogens with zero attached hydrogens (tertiary/aromatic N) is 2. The Labute approximate surface area is 132 Å². The summed E-state index contributed by atoms with van der Waals surface area (Å²) in [6, 6.07) is 8.15. The van der Waals surface area contributed by atoms with E-state index in [1.54, 1.807) is 7.11 Å². The van der Waals surface area contributed by atoms with Gasteiger partial charge in [-0.15, -0.1) is 0 Å². The molecule has 1 heterocycles. The Morgan fingerprint density at radius 1 is 1.09 bits per heavy atom. The number of benzene rings is 1. The van der Waals surface area contributed by atoms with Crippen LogP contribution in [0.15, 0.2) is 36.4 Å². The van der Waals surface area contributed by atoms with Crippen molar-refractivity contribution in [2.45, 2.75) is 19.3 Å². The number of hydrogen-bond donors (Lipinski definition) is 0. The van der Waals surface area contributed by atoms with Crippen molar-refractivity contribution < 1.29 is 9.53 Å². The monoisotopic (exact) mass is 300 g/mol. The van der Waals surface area contributed by atoms with Crippen LogP contribution >= 0.6 is 0 Å². The Morgan fingerprint density at radius 3 is 2.41 bits per heavy atom. The molecular formula is C18H24N2O2. The fourth-order valence-corrected chi connectivity index (χ4v) is 3.25. The molecule has 22 heavy (non-hydrogen) atoms. The molecule has 118 valence electrons. The molecule has 1 aromatic carbocycles. The smallest absolute Gasteiger partial charge is 0.226 e. The largest absolute Gasteiger partial charge is 0.497 e. The number of anilines is 1. The van der Waals surface area contributed by atoms with Crippen LogP contribution in [0.3, 0.4) is 0 Å². The average Bonchev–Trinajstić information content (AvgIpc) is 2.62. The van der Waals surface area contributed by atoms with Gasteiger partial charge in [-0.1, -0.05) is 12.2 Å². The SMILES string of the molecule is COc1ccc(N2CCN(C(=O)C3CC=CCC3)CC2)cc1. The topological polar surface area (TPSA) is 32.8 Å². The van der Waals surface area contributed by atoms with Gasteiger partial charge in [-0.05, 0) is 43.5 Å². The third kappa shape index (κ3) is 3.26. The van der Waals surface area contributed by atoms with E-state index in [4.69, 9.17) is 4.74 Å². The zero-order valence-corrected chi connectivity index (χ0v) is 13.2. The number of carbonyl (C=O) groups excluding carboxylic acids is 1. The van der Waals surface area contributed by atoms with Crippen molar-refractivity contribution in [3.8, 4) is 5.75 Å². The minimum atomic E-state index is 0.206. The van der Waals surface area contributed by atoms with Crippen LogP contribution in [0.1, 0.15) is 19.3 Å². The molecule has 1 unspecified atom stereocenters. The van der Waals surface area contributed by atoms with E-state index in [1.165, 1.54) is 5.69 Å². The van der Waals surface area contributed by atoms with E-state index in [2.05, 4.69) is 29.2 Å². The fraction of sp³-hybridized carbons (Fsp3) is 0.500. The summed E-state index contributed by atoms with van der Waals surface area (Å²) < 4.78 is 5.20. The van der Waals surface area contributed by atoms with Gasteiger partial charge in [0.25, 0.3) is 0 Å². The molecule has 0 bridgehead atoms. The van der Waals surface area contributed by atoms with Gasteiger partial charge in [-0.3, -0.25) is 4.79 Å². The summed E-state index contributed by atoms with van der Waals surface area (Å²) in [6.45, 7) is 3.46. The van der Waals surface area contributed by atoms with Crippen LogP contribution in [0.4, 0.5) is 5.69 Å². The molecule has 0 spiro atoms. The number of rotatable bonds is 3. The highest BCUT2D eigenvalue weighted by Crippen LogP contribution is 2.23. The number of allylic oxidation sites excluding steroid dienone is 2. The van der Waals surface area contributed by atoms with Gasteiger partial charge >= 0.3 is 0 Å². The molecule has 0 N–H and O–H groups in total. The minimum absolute atomic E-state index is 0.206. The first-order valence-electron chi connectivity index (χ1n) is 8.10. The summed E-state index contributed by atoms with van der Waals surface area (Å²) in [5.41, 5.74) is 1.20. The maximum Gasteiger partial charge on any atom is 0.226 e. The van der Waals surface area contributed by atoms with Crippen LogP contribution in [-0.2, 0) is 4.79 Å². The number of hydrogen-bond acceptors (Lipinski definition) is 3. The normalized spacial score (nSPS) is 21.8. The van der Waals surface area contributed by atoms with Crippen LogP contribution in [0.25, 0.3) is 0 Å². The maximum absolute atomic E-state index is 12.5. The van der Waals surface area contributed by atoms with E-state index in [0.717, 1.165) is 51.2 Å². The second-order valence-electron chi connectivity index (χ2n) is 5.99. The molecular weight excluding hydrogens is 276 g/mol. The summed E-state index contributed by atoms with van der Waals surface area (Å²) >= 11 is 0. The van der Waals surface area contributed by atoms with Crippen LogP contribution < -0.4 is 9.64 Å². The van der Waals surface area contributed by atoms with Gasteiger partial charge in [-0.2, -0.15) is 0 Å². The Bertz CT molecular complexity index is 531. The van der Waals surface area contributed by atoms with E-state index < -0.39 is 0 Å². The number of amides is 1. The summed E-state index contributed by atoms with van der Waals surface area (Å²) in [5, 5.41) is 0. The van der Waals surface area contributed by atoms with Gasteiger partial charge in [0.1, 0.15) is 5.75 Å². The van der Waals surface area contributed by atoms with E-state index in [1.807, 2.05) is 17.0 Å². The van der Waals surface area contributed by atoms with E-state index >= 15 is 0 Å². The van der Waals surface area contributed by atoms with E-state index in [0.29, 0.717) is 5.91 Å². The third-order valence-electron chi connectivity index (χ3n) is 4.65. The van der Waals surface area contributed by atoms with Crippen molar-refractivity contribution in [2.24, 2.45) is 5.92 Å². The van der Waals surface area contributed by atoms with Gasteiger partial charge in [0.15, 0.2) is 0 Å². The maximum atomic E-state index is 12.5. The van der Waals surface area contributed by atoms with E-state index in [9.17, 15) is 4.79 Å². The summed E-state index contributed by atoms with van der Waals surface area (Å²) in [4.78, 5) is 16.9. The van der Waals surface area contributed by atoms with Crippen molar-refractivity contribution >= 4 is 11.6 Å². The molecule has 2 aliphatic rings. The van der Waals surface area contributed by atoms with Crippen LogP contribution in [-0.4, -0.2) is 44.1 Å². The lowest BCUT2D eigenvalue weighted by atomic mass is 9.93. The molecule has 0 saturated carbocycles. The number of carbonyl (C=O) groups is 1. The van der Waals surface area contributed by atoms with Crippen molar-refractivity contribution in [3.05, 3.63) is 36.4 Å². The molecule has 0 radical (unpaired) electrons. The van der Waals surface area contributed by atoms with Gasteiger partial charge in [0.05, 0.1) is 7.11 Å². The molecule has 1 aliphatic carbocycles. The summed E-state index contributed by atoms with van der Waals surface area (Å²) in [6.07, 6.45) is 7.30. The Morgan fingerprint density at radius 2 is 1.82 bits per heavy atom. The highest BCUT2D eigenvalue weighted by Gasteiger charge is 2.27. The zero-order chi connectivity index (χ0) is 15.4. The molecule has 1 fully saturated rings. The molecule has 4 nitrogen and oxygen atoms in total. The summed E-state index contributed by atoms with van der Waals surface area (Å²) in [7, 11) is 1.68. The molecule has 1 aromatic rings.